The number of unbranched alkanes of at least 4 members (excludes halogenated alkanes) is 1. The fraction of sp³-hybridized carbons (Fsp3) is 0.929. The molecule has 0 nitrogen and oxygen atoms in total. The van der Waals surface area contributed by atoms with E-state index in [9.17, 15) is 0 Å². The molecule has 7 unspecified atom stereocenters. The van der Waals surface area contributed by atoms with Crippen molar-refractivity contribution in [3.63, 3.8) is 0 Å². The average Bonchev–Trinajstić information content (AvgIpc) is 3.01. The number of fused-ring (bicyclic) bond motifs is 5. The lowest BCUT2D eigenvalue weighted by molar-refractivity contribution is -0.0500. The van der Waals surface area contributed by atoms with Crippen molar-refractivity contribution in [3.8, 4) is 0 Å². The van der Waals surface area contributed by atoms with E-state index in [1.165, 1.54) is 83.5 Å². The Morgan fingerprint density at radius 1 is 0.929 bits per heavy atom. The van der Waals surface area contributed by atoms with Crippen LogP contribution in [-0.2, 0) is 0 Å². The van der Waals surface area contributed by atoms with Gasteiger partial charge in [-0.2, -0.15) is 0 Å². The van der Waals surface area contributed by atoms with E-state index in [2.05, 4.69) is 40.7 Å². The molecule has 0 bridgehead atoms. The van der Waals surface area contributed by atoms with E-state index in [0.29, 0.717) is 10.8 Å². The molecule has 4 rings (SSSR count). The topological polar surface area (TPSA) is 0 Å². The van der Waals surface area contributed by atoms with Gasteiger partial charge in [-0.3, -0.25) is 0 Å². The largest absolute Gasteiger partial charge is 0.0845 e. The summed E-state index contributed by atoms with van der Waals surface area (Å²) in [5.41, 5.74) is 3.09. The van der Waals surface area contributed by atoms with Gasteiger partial charge in [0.2, 0.25) is 0 Å². The molecule has 0 radical (unpaired) electrons. The molecule has 0 aromatic heterocycles. The quantitative estimate of drug-likeness (QED) is 0.317. The van der Waals surface area contributed by atoms with Crippen LogP contribution in [-0.4, -0.2) is 0 Å². The molecule has 0 heterocycles. The van der Waals surface area contributed by atoms with Crippen molar-refractivity contribution in [2.75, 3.05) is 0 Å². The second-order valence-electron chi connectivity index (χ2n) is 12.4. The molecule has 3 fully saturated rings. The van der Waals surface area contributed by atoms with Crippen molar-refractivity contribution in [3.05, 3.63) is 11.6 Å². The molecule has 0 saturated heterocycles. The first-order chi connectivity index (χ1) is 13.4. The second-order valence-corrected chi connectivity index (χ2v) is 12.4. The van der Waals surface area contributed by atoms with E-state index in [-0.39, 0.29) is 0 Å². The summed E-state index contributed by atoms with van der Waals surface area (Å²) in [6.07, 6.45) is 22.0. The number of rotatable bonds is 6. The van der Waals surface area contributed by atoms with Crippen LogP contribution in [0.2, 0.25) is 0 Å². The zero-order valence-electron chi connectivity index (χ0n) is 19.7. The SMILES string of the molecule is CC(C)CCCCC(C)C1CCC2C3CC=C4CCCCC4(C)C3CCC12C. The molecule has 0 aromatic rings. The number of allylic oxidation sites excluding steroid dienone is 2. The standard InChI is InChI=1S/C28H48/c1-20(2)10-6-7-11-21(3)24-15-16-25-23-14-13-22-12-8-9-18-27(22,4)26(23)17-19-28(24,25)5/h13,20-21,23-26H,6-12,14-19H2,1-5H3. The molecule has 0 spiro atoms. The van der Waals surface area contributed by atoms with Gasteiger partial charge >= 0.3 is 0 Å². The molecular weight excluding hydrogens is 336 g/mol. The van der Waals surface area contributed by atoms with Crippen LogP contribution in [0, 0.1) is 46.3 Å². The predicted molar refractivity (Wildman–Crippen MR) is 122 cm³/mol. The zero-order valence-corrected chi connectivity index (χ0v) is 19.7. The zero-order chi connectivity index (χ0) is 19.9. The Balaban J connectivity index is 1.44. The van der Waals surface area contributed by atoms with Gasteiger partial charge in [-0.05, 0) is 97.7 Å². The van der Waals surface area contributed by atoms with Crippen LogP contribution < -0.4 is 0 Å². The highest BCUT2D eigenvalue weighted by Crippen LogP contribution is 2.67. The van der Waals surface area contributed by atoms with Gasteiger partial charge in [0.1, 0.15) is 0 Å². The first kappa shape index (κ1) is 21.0. The highest BCUT2D eigenvalue weighted by molar-refractivity contribution is 5.24. The van der Waals surface area contributed by atoms with Crippen LogP contribution in [0.25, 0.3) is 0 Å². The lowest BCUT2D eigenvalue weighted by Gasteiger charge is -2.58. The molecular formula is C28H48. The van der Waals surface area contributed by atoms with Crippen molar-refractivity contribution in [1.82, 2.24) is 0 Å². The highest BCUT2D eigenvalue weighted by Gasteiger charge is 2.58. The Bertz CT molecular complexity index is 571. The van der Waals surface area contributed by atoms with Crippen molar-refractivity contribution in [2.24, 2.45) is 46.3 Å². The Labute approximate surface area is 176 Å². The summed E-state index contributed by atoms with van der Waals surface area (Å²) in [5.74, 6) is 5.85. The van der Waals surface area contributed by atoms with Gasteiger partial charge in [0.05, 0.1) is 0 Å². The average molecular weight is 385 g/mol. The molecule has 0 N–H and O–H groups in total. The molecule has 28 heavy (non-hydrogen) atoms. The summed E-state index contributed by atoms with van der Waals surface area (Å²) in [6.45, 7) is 12.8. The van der Waals surface area contributed by atoms with Gasteiger partial charge in [0.15, 0.2) is 0 Å². The monoisotopic (exact) mass is 384 g/mol. The molecule has 0 heteroatoms. The minimum absolute atomic E-state index is 0.572. The Morgan fingerprint density at radius 2 is 1.71 bits per heavy atom. The minimum atomic E-state index is 0.572. The molecule has 4 aliphatic rings. The second kappa shape index (κ2) is 8.11. The van der Waals surface area contributed by atoms with Crippen LogP contribution in [0.5, 0.6) is 0 Å². The van der Waals surface area contributed by atoms with Crippen LogP contribution in [0.15, 0.2) is 11.6 Å². The first-order valence-electron chi connectivity index (χ1n) is 13.1. The minimum Gasteiger partial charge on any atom is -0.0845 e. The number of hydrogen-bond donors (Lipinski definition) is 0. The van der Waals surface area contributed by atoms with E-state index in [1.807, 2.05) is 5.57 Å². The summed E-state index contributed by atoms with van der Waals surface area (Å²) in [7, 11) is 0. The van der Waals surface area contributed by atoms with Gasteiger partial charge in [-0.1, -0.05) is 78.4 Å². The molecule has 4 aliphatic carbocycles. The predicted octanol–water partition coefficient (Wildman–Crippen LogP) is 8.81. The van der Waals surface area contributed by atoms with Gasteiger partial charge in [-0.25, -0.2) is 0 Å². The van der Waals surface area contributed by atoms with Crippen molar-refractivity contribution >= 4 is 0 Å². The van der Waals surface area contributed by atoms with E-state index in [1.54, 1.807) is 0 Å². The fourth-order valence-electron chi connectivity index (χ4n) is 8.89. The molecule has 7 atom stereocenters. The summed E-state index contributed by atoms with van der Waals surface area (Å²) in [4.78, 5) is 0. The third-order valence-electron chi connectivity index (χ3n) is 10.5. The van der Waals surface area contributed by atoms with Crippen LogP contribution in [0.3, 0.4) is 0 Å². The third-order valence-corrected chi connectivity index (χ3v) is 10.5. The summed E-state index contributed by atoms with van der Waals surface area (Å²) < 4.78 is 0. The van der Waals surface area contributed by atoms with Gasteiger partial charge in [-0.15, -0.1) is 0 Å². The Hall–Kier alpha value is -0.260. The summed E-state index contributed by atoms with van der Waals surface area (Å²) >= 11 is 0. The first-order valence-corrected chi connectivity index (χ1v) is 13.1. The van der Waals surface area contributed by atoms with E-state index < -0.39 is 0 Å². The third kappa shape index (κ3) is 3.54. The Kier molecular flexibility index (Phi) is 6.08. The van der Waals surface area contributed by atoms with Crippen LogP contribution in [0.4, 0.5) is 0 Å². The Morgan fingerprint density at radius 3 is 2.50 bits per heavy atom. The molecule has 0 aromatic carbocycles. The van der Waals surface area contributed by atoms with Crippen molar-refractivity contribution < 1.29 is 0 Å². The lowest BCUT2D eigenvalue weighted by atomic mass is 9.47. The fourth-order valence-corrected chi connectivity index (χ4v) is 8.89. The number of hydrogen-bond acceptors (Lipinski definition) is 0. The maximum absolute atomic E-state index is 2.74. The normalized spacial score (nSPS) is 43.9. The van der Waals surface area contributed by atoms with Crippen molar-refractivity contribution in [1.29, 1.82) is 0 Å². The summed E-state index contributed by atoms with van der Waals surface area (Å²) in [5, 5.41) is 0. The summed E-state index contributed by atoms with van der Waals surface area (Å²) in [6, 6.07) is 0. The maximum atomic E-state index is 2.74. The molecule has 160 valence electrons. The van der Waals surface area contributed by atoms with E-state index in [0.717, 1.165) is 35.5 Å². The van der Waals surface area contributed by atoms with Crippen molar-refractivity contribution in [2.45, 2.75) is 118 Å². The maximum Gasteiger partial charge on any atom is -0.00853 e. The van der Waals surface area contributed by atoms with E-state index >= 15 is 0 Å². The molecule has 0 aliphatic heterocycles. The smallest absolute Gasteiger partial charge is 0.00853 e. The molecule has 3 saturated carbocycles. The highest BCUT2D eigenvalue weighted by atomic mass is 14.6. The van der Waals surface area contributed by atoms with Gasteiger partial charge < -0.3 is 0 Å². The van der Waals surface area contributed by atoms with Crippen LogP contribution >= 0.6 is 0 Å². The van der Waals surface area contributed by atoms with Gasteiger partial charge in [0, 0.05) is 0 Å². The molecule has 0 amide bonds. The van der Waals surface area contributed by atoms with E-state index in [4.69, 9.17) is 0 Å². The van der Waals surface area contributed by atoms with Gasteiger partial charge in [0.25, 0.3) is 0 Å². The lowest BCUT2D eigenvalue weighted by Crippen LogP contribution is -2.50. The van der Waals surface area contributed by atoms with Crippen LogP contribution in [0.1, 0.15) is 118 Å².